The molecule has 0 aliphatic carbocycles. The van der Waals surface area contributed by atoms with Gasteiger partial charge in [-0.1, -0.05) is 0 Å². The summed E-state index contributed by atoms with van der Waals surface area (Å²) >= 11 is 0. The number of amides is 1. The van der Waals surface area contributed by atoms with E-state index in [2.05, 4.69) is 27.1 Å². The lowest BCUT2D eigenvalue weighted by Crippen LogP contribution is -2.44. The number of nitrogens with zero attached hydrogens (tertiary/aromatic N) is 4. The maximum atomic E-state index is 15.0. The van der Waals surface area contributed by atoms with Crippen LogP contribution >= 0.6 is 0 Å². The van der Waals surface area contributed by atoms with Crippen LogP contribution in [-0.4, -0.2) is 53.6 Å². The monoisotopic (exact) mass is 458 g/mol. The maximum absolute atomic E-state index is 15.0. The second-order valence-electron chi connectivity index (χ2n) is 8.74. The Morgan fingerprint density at radius 1 is 1.06 bits per heavy atom. The van der Waals surface area contributed by atoms with E-state index in [0.717, 1.165) is 31.9 Å². The van der Waals surface area contributed by atoms with Crippen molar-refractivity contribution in [2.75, 3.05) is 49.2 Å². The molecule has 0 radical (unpaired) electrons. The number of rotatable bonds is 4. The average molecular weight is 459 g/mol. The first-order valence-electron chi connectivity index (χ1n) is 11.2. The van der Waals surface area contributed by atoms with Crippen molar-refractivity contribution in [2.24, 2.45) is 7.05 Å². The number of aromatic nitrogens is 2. The van der Waals surface area contributed by atoms with Crippen molar-refractivity contribution >= 4 is 33.9 Å². The number of hydrogen-bond donors (Lipinski definition) is 2. The van der Waals surface area contributed by atoms with Crippen LogP contribution < -0.4 is 16.0 Å². The fraction of sp³-hybridized carbons (Fsp3) is 0.231. The van der Waals surface area contributed by atoms with Crippen LogP contribution in [0.25, 0.3) is 22.0 Å². The summed E-state index contributed by atoms with van der Waals surface area (Å²) in [4.78, 5) is 21.8. The Morgan fingerprint density at radius 2 is 1.79 bits per heavy atom. The number of benzene rings is 2. The van der Waals surface area contributed by atoms with E-state index in [1.54, 1.807) is 12.1 Å². The van der Waals surface area contributed by atoms with Gasteiger partial charge in [0.25, 0.3) is 5.91 Å². The first-order valence-corrected chi connectivity index (χ1v) is 11.2. The van der Waals surface area contributed by atoms with Crippen molar-refractivity contribution in [3.63, 3.8) is 0 Å². The summed E-state index contributed by atoms with van der Waals surface area (Å²) in [5.74, 6) is -0.354. The number of halogens is 1. The van der Waals surface area contributed by atoms with Crippen molar-refractivity contribution in [3.8, 4) is 11.3 Å². The van der Waals surface area contributed by atoms with Crippen LogP contribution in [0.2, 0.25) is 0 Å². The van der Waals surface area contributed by atoms with Crippen molar-refractivity contribution in [1.29, 1.82) is 0 Å². The maximum Gasteiger partial charge on any atom is 0.256 e. The molecule has 174 valence electrons. The largest absolute Gasteiger partial charge is 0.396 e. The van der Waals surface area contributed by atoms with Crippen molar-refractivity contribution in [3.05, 3.63) is 72.3 Å². The zero-order valence-electron chi connectivity index (χ0n) is 19.3. The van der Waals surface area contributed by atoms with E-state index in [1.165, 1.54) is 6.20 Å². The third-order valence-electron chi connectivity index (χ3n) is 6.46. The third kappa shape index (κ3) is 4.08. The number of nitrogens with one attached hydrogen (secondary N) is 1. The minimum Gasteiger partial charge on any atom is -0.396 e. The fourth-order valence-corrected chi connectivity index (χ4v) is 4.37. The highest BCUT2D eigenvalue weighted by molar-refractivity contribution is 6.05. The van der Waals surface area contributed by atoms with Crippen LogP contribution in [0.3, 0.4) is 0 Å². The van der Waals surface area contributed by atoms with Gasteiger partial charge in [0.2, 0.25) is 0 Å². The molecule has 1 fully saturated rings. The quantitative estimate of drug-likeness (QED) is 0.453. The Kier molecular flexibility index (Phi) is 5.67. The van der Waals surface area contributed by atoms with Crippen LogP contribution in [0, 0.1) is 5.82 Å². The molecular formula is C26H27FN6O. The summed E-state index contributed by atoms with van der Waals surface area (Å²) < 4.78 is 16.8. The Bertz CT molecular complexity index is 1360. The van der Waals surface area contributed by atoms with Gasteiger partial charge in [0.05, 0.1) is 11.4 Å². The number of nitrogen functional groups attached to an aromatic ring is 1. The number of carbonyl (C=O) groups is 1. The third-order valence-corrected chi connectivity index (χ3v) is 6.46. The van der Waals surface area contributed by atoms with Crippen LogP contribution in [0.5, 0.6) is 0 Å². The molecule has 2 aromatic carbocycles. The van der Waals surface area contributed by atoms with Gasteiger partial charge in [0, 0.05) is 67.8 Å². The summed E-state index contributed by atoms with van der Waals surface area (Å²) in [5, 5.41) is 4.05. The van der Waals surface area contributed by atoms with E-state index < -0.39 is 5.82 Å². The molecule has 3 heterocycles. The van der Waals surface area contributed by atoms with Gasteiger partial charge in [0.15, 0.2) is 5.82 Å². The molecule has 0 bridgehead atoms. The molecule has 2 aromatic heterocycles. The van der Waals surface area contributed by atoms with Gasteiger partial charge in [0.1, 0.15) is 5.82 Å². The lowest BCUT2D eigenvalue weighted by atomic mass is 10.0. The number of aryl methyl sites for hydroxylation is 1. The van der Waals surface area contributed by atoms with Crippen molar-refractivity contribution in [2.45, 2.75) is 0 Å². The Morgan fingerprint density at radius 3 is 2.47 bits per heavy atom. The summed E-state index contributed by atoms with van der Waals surface area (Å²) in [5.41, 5.74) is 8.90. The normalized spacial score (nSPS) is 14.5. The standard InChI is InChI=1S/C26H27FN6O/c1-31-10-12-33(13-11-31)19-7-5-17(6-8-19)26(34)30-23-15-18-14-20(22-4-3-9-32(22)2)24(27)25(28)21(18)16-29-23/h3-9,14-16H,10-13,28H2,1-2H3,(H,29,30,34). The van der Waals surface area contributed by atoms with Crippen LogP contribution in [-0.2, 0) is 7.05 Å². The second kappa shape index (κ2) is 8.79. The minimum absolute atomic E-state index is 0.0403. The zero-order chi connectivity index (χ0) is 23.8. The lowest BCUT2D eigenvalue weighted by Gasteiger charge is -2.34. The van der Waals surface area contributed by atoms with Crippen LogP contribution in [0.4, 0.5) is 21.6 Å². The van der Waals surface area contributed by atoms with E-state index in [4.69, 9.17) is 5.73 Å². The molecule has 1 saturated heterocycles. The van der Waals surface area contributed by atoms with Gasteiger partial charge >= 0.3 is 0 Å². The molecule has 5 rings (SSSR count). The topological polar surface area (TPSA) is 79.4 Å². The van der Waals surface area contributed by atoms with Crippen molar-refractivity contribution in [1.82, 2.24) is 14.5 Å². The van der Waals surface area contributed by atoms with Crippen molar-refractivity contribution < 1.29 is 9.18 Å². The molecular weight excluding hydrogens is 431 g/mol. The van der Waals surface area contributed by atoms with E-state index in [9.17, 15) is 9.18 Å². The Balaban J connectivity index is 1.38. The number of piperazine rings is 1. The predicted octanol–water partition coefficient (Wildman–Crippen LogP) is 3.97. The molecule has 1 aliphatic rings. The first kappa shape index (κ1) is 21.9. The molecule has 1 aliphatic heterocycles. The minimum atomic E-state index is -0.478. The van der Waals surface area contributed by atoms with Gasteiger partial charge in [-0.15, -0.1) is 0 Å². The molecule has 3 N–H and O–H groups in total. The van der Waals surface area contributed by atoms with Gasteiger partial charge in [-0.25, -0.2) is 9.37 Å². The van der Waals surface area contributed by atoms with Gasteiger partial charge in [-0.05, 0) is 61.0 Å². The molecule has 0 atom stereocenters. The zero-order valence-corrected chi connectivity index (χ0v) is 19.3. The number of carbonyl (C=O) groups excluding carboxylic acids is 1. The highest BCUT2D eigenvalue weighted by Gasteiger charge is 2.17. The summed E-state index contributed by atoms with van der Waals surface area (Å²) in [6.45, 7) is 3.99. The summed E-state index contributed by atoms with van der Waals surface area (Å²) in [7, 11) is 3.97. The number of hydrogen-bond acceptors (Lipinski definition) is 5. The molecule has 1 amide bonds. The average Bonchev–Trinajstić information content (AvgIpc) is 3.27. The van der Waals surface area contributed by atoms with Gasteiger partial charge in [-0.2, -0.15) is 0 Å². The van der Waals surface area contributed by atoms with Gasteiger partial charge in [-0.3, -0.25) is 4.79 Å². The molecule has 7 nitrogen and oxygen atoms in total. The highest BCUT2D eigenvalue weighted by Crippen LogP contribution is 2.34. The highest BCUT2D eigenvalue weighted by atomic mass is 19.1. The number of nitrogens with two attached hydrogens (primary N) is 1. The summed E-state index contributed by atoms with van der Waals surface area (Å²) in [6, 6.07) is 14.7. The fourth-order valence-electron chi connectivity index (χ4n) is 4.37. The number of pyridine rings is 1. The molecule has 34 heavy (non-hydrogen) atoms. The van der Waals surface area contributed by atoms with Crippen LogP contribution in [0.15, 0.2) is 60.9 Å². The second-order valence-corrected chi connectivity index (χ2v) is 8.74. The SMILES string of the molecule is CN1CCN(c2ccc(C(=O)Nc3cc4cc(-c5cccn5C)c(F)c(N)c4cn3)cc2)CC1. The molecule has 0 unspecified atom stereocenters. The van der Waals surface area contributed by atoms with E-state index in [-0.39, 0.29) is 11.6 Å². The smallest absolute Gasteiger partial charge is 0.256 e. The molecule has 8 heteroatoms. The summed E-state index contributed by atoms with van der Waals surface area (Å²) in [6.07, 6.45) is 3.34. The molecule has 4 aromatic rings. The number of anilines is 3. The Hall–Kier alpha value is -3.91. The number of likely N-dealkylation sites (N-methyl/N-ethyl adjacent to an activating group) is 1. The van der Waals surface area contributed by atoms with E-state index in [0.29, 0.717) is 33.4 Å². The first-order chi connectivity index (χ1) is 16.4. The lowest BCUT2D eigenvalue weighted by molar-refractivity contribution is 0.102. The predicted molar refractivity (Wildman–Crippen MR) is 135 cm³/mol. The van der Waals surface area contributed by atoms with E-state index >= 15 is 0 Å². The van der Waals surface area contributed by atoms with Crippen LogP contribution in [0.1, 0.15) is 10.4 Å². The Labute approximate surface area is 197 Å². The number of fused-ring (bicyclic) bond motifs is 1. The molecule has 0 spiro atoms. The van der Waals surface area contributed by atoms with Gasteiger partial charge < -0.3 is 25.4 Å². The van der Waals surface area contributed by atoms with E-state index in [1.807, 2.05) is 54.2 Å². The molecule has 0 saturated carbocycles.